The lowest BCUT2D eigenvalue weighted by Gasteiger charge is -2.36. The van der Waals surface area contributed by atoms with Crippen molar-refractivity contribution in [2.75, 3.05) is 39.9 Å². The van der Waals surface area contributed by atoms with Gasteiger partial charge < -0.3 is 19.3 Å². The van der Waals surface area contributed by atoms with Crippen LogP contribution in [0.2, 0.25) is 0 Å². The summed E-state index contributed by atoms with van der Waals surface area (Å²) in [6.07, 6.45) is -0.211. The van der Waals surface area contributed by atoms with E-state index in [1.807, 2.05) is 30.3 Å². The monoisotopic (exact) mass is 489 g/mol. The fraction of sp³-hybridized carbons (Fsp3) is 0.417. The maximum absolute atomic E-state index is 13.4. The molecule has 0 saturated carbocycles. The normalized spacial score (nSPS) is 15.0. The van der Waals surface area contributed by atoms with Gasteiger partial charge in [0.1, 0.15) is 11.8 Å². The van der Waals surface area contributed by atoms with Crippen molar-refractivity contribution in [3.8, 4) is 5.75 Å². The van der Waals surface area contributed by atoms with Crippen molar-refractivity contribution >= 4 is 22.0 Å². The number of methoxy groups -OCH3 is 1. The Morgan fingerprint density at radius 1 is 1.03 bits per heavy atom. The van der Waals surface area contributed by atoms with Crippen LogP contribution in [0.1, 0.15) is 18.1 Å². The van der Waals surface area contributed by atoms with E-state index in [-0.39, 0.29) is 23.8 Å². The molecule has 1 aliphatic heterocycles. The van der Waals surface area contributed by atoms with Crippen molar-refractivity contribution in [2.24, 2.45) is 0 Å². The third kappa shape index (κ3) is 6.27. The number of nitrogens with one attached hydrogen (secondary N) is 1. The van der Waals surface area contributed by atoms with Crippen LogP contribution in [0.25, 0.3) is 0 Å². The number of carbonyl (C=O) groups excluding carboxylic acids is 2. The number of piperazine rings is 1. The summed E-state index contributed by atoms with van der Waals surface area (Å²) < 4.78 is 39.2. The highest BCUT2D eigenvalue weighted by molar-refractivity contribution is 7.89. The Bertz CT molecular complexity index is 1100. The summed E-state index contributed by atoms with van der Waals surface area (Å²) in [4.78, 5) is 28.6. The van der Waals surface area contributed by atoms with Crippen molar-refractivity contribution in [3.05, 3.63) is 59.7 Å². The van der Waals surface area contributed by atoms with Crippen LogP contribution in [0.3, 0.4) is 0 Å². The lowest BCUT2D eigenvalue weighted by molar-refractivity contribution is -0.134. The molecule has 184 valence electrons. The summed E-state index contributed by atoms with van der Waals surface area (Å²) in [7, 11) is -2.46. The van der Waals surface area contributed by atoms with Crippen molar-refractivity contribution in [1.82, 2.24) is 14.5 Å². The van der Waals surface area contributed by atoms with Gasteiger partial charge in [-0.05, 0) is 49.6 Å². The van der Waals surface area contributed by atoms with Crippen molar-refractivity contribution < 1.29 is 27.5 Å². The maximum Gasteiger partial charge on any atom is 0.409 e. The molecule has 1 saturated heterocycles. The van der Waals surface area contributed by atoms with E-state index >= 15 is 0 Å². The maximum atomic E-state index is 13.4. The van der Waals surface area contributed by atoms with E-state index in [9.17, 15) is 18.0 Å². The zero-order chi connectivity index (χ0) is 24.7. The van der Waals surface area contributed by atoms with E-state index < -0.39 is 22.2 Å². The molecule has 2 amide bonds. The number of hydrogen-bond acceptors (Lipinski definition) is 6. The smallest absolute Gasteiger partial charge is 0.409 e. The Morgan fingerprint density at radius 3 is 2.26 bits per heavy atom. The number of aryl methyl sites for hydroxylation is 1. The molecule has 1 atom stereocenters. The van der Waals surface area contributed by atoms with Gasteiger partial charge in [-0.15, -0.1) is 0 Å². The van der Waals surface area contributed by atoms with E-state index in [0.717, 1.165) is 5.56 Å². The molecule has 0 radical (unpaired) electrons. The number of rotatable bonds is 8. The summed E-state index contributed by atoms with van der Waals surface area (Å²) in [6.45, 7) is 5.03. The Morgan fingerprint density at radius 2 is 1.68 bits per heavy atom. The molecule has 10 heteroatoms. The largest absolute Gasteiger partial charge is 0.496 e. The Labute approximate surface area is 200 Å². The minimum atomic E-state index is -3.98. The van der Waals surface area contributed by atoms with Gasteiger partial charge in [-0.3, -0.25) is 4.79 Å². The molecule has 1 unspecified atom stereocenters. The molecule has 0 aromatic heterocycles. The van der Waals surface area contributed by atoms with Gasteiger partial charge in [0.05, 0.1) is 18.6 Å². The first-order valence-electron chi connectivity index (χ1n) is 11.2. The van der Waals surface area contributed by atoms with Crippen molar-refractivity contribution in [2.45, 2.75) is 31.2 Å². The molecule has 1 N–H and O–H groups in total. The summed E-state index contributed by atoms with van der Waals surface area (Å²) in [5.41, 5.74) is 1.51. The summed E-state index contributed by atoms with van der Waals surface area (Å²) in [5.74, 6) is 0.247. The van der Waals surface area contributed by atoms with Crippen molar-refractivity contribution in [1.29, 1.82) is 0 Å². The standard InChI is InChI=1S/C24H31N3O6S/c1-4-33-24(29)27-14-12-26(13-15-27)23(28)21(17-19-8-6-5-7-9-19)25-34(30,31)20-10-11-22(32-3)18(2)16-20/h5-11,16,21,25H,4,12-15,17H2,1-3H3. The van der Waals surface area contributed by atoms with Crippen LogP contribution in [0, 0.1) is 6.92 Å². The number of sulfonamides is 1. The van der Waals surface area contributed by atoms with Gasteiger partial charge in [-0.25, -0.2) is 13.2 Å². The molecular weight excluding hydrogens is 458 g/mol. The third-order valence-corrected chi connectivity index (χ3v) is 7.14. The van der Waals surface area contributed by atoms with Gasteiger partial charge in [-0.2, -0.15) is 4.72 Å². The Kier molecular flexibility index (Phi) is 8.51. The van der Waals surface area contributed by atoms with E-state index in [0.29, 0.717) is 37.5 Å². The number of benzene rings is 2. The predicted molar refractivity (Wildman–Crippen MR) is 127 cm³/mol. The van der Waals surface area contributed by atoms with Gasteiger partial charge in [0.25, 0.3) is 0 Å². The fourth-order valence-corrected chi connectivity index (χ4v) is 5.12. The molecule has 2 aromatic rings. The van der Waals surface area contributed by atoms with E-state index in [1.165, 1.54) is 19.2 Å². The SMILES string of the molecule is CCOC(=O)N1CCN(C(=O)C(Cc2ccccc2)NS(=O)(=O)c2ccc(OC)c(C)c2)CC1. The zero-order valence-corrected chi connectivity index (χ0v) is 20.5. The third-order valence-electron chi connectivity index (χ3n) is 5.67. The number of amides is 2. The lowest BCUT2D eigenvalue weighted by atomic mass is 10.1. The minimum absolute atomic E-state index is 0.0591. The average Bonchev–Trinajstić information content (AvgIpc) is 2.84. The number of hydrogen-bond donors (Lipinski definition) is 1. The molecule has 1 aliphatic rings. The fourth-order valence-electron chi connectivity index (χ4n) is 3.85. The van der Waals surface area contributed by atoms with Gasteiger partial charge >= 0.3 is 6.09 Å². The highest BCUT2D eigenvalue weighted by atomic mass is 32.2. The van der Waals surface area contributed by atoms with Gasteiger partial charge in [0.15, 0.2) is 0 Å². The van der Waals surface area contributed by atoms with Gasteiger partial charge in [0.2, 0.25) is 15.9 Å². The molecule has 9 nitrogen and oxygen atoms in total. The van der Waals surface area contributed by atoms with Crippen LogP contribution in [0.4, 0.5) is 4.79 Å². The second kappa shape index (κ2) is 11.3. The first-order valence-corrected chi connectivity index (χ1v) is 12.6. The van der Waals surface area contributed by atoms with Crippen LogP contribution in [0.15, 0.2) is 53.4 Å². The lowest BCUT2D eigenvalue weighted by Crippen LogP contribution is -2.56. The number of ether oxygens (including phenoxy) is 2. The molecule has 0 bridgehead atoms. The summed E-state index contributed by atoms with van der Waals surface area (Å²) in [5, 5.41) is 0. The molecular formula is C24H31N3O6S. The van der Waals surface area contributed by atoms with Gasteiger partial charge in [0, 0.05) is 26.2 Å². The first-order chi connectivity index (χ1) is 16.2. The quantitative estimate of drug-likeness (QED) is 0.610. The van der Waals surface area contributed by atoms with Crippen molar-refractivity contribution in [3.63, 3.8) is 0 Å². The predicted octanol–water partition coefficient (Wildman–Crippen LogP) is 2.19. The second-order valence-electron chi connectivity index (χ2n) is 8.01. The molecule has 0 aliphatic carbocycles. The Balaban J connectivity index is 1.79. The van der Waals surface area contributed by atoms with Gasteiger partial charge in [-0.1, -0.05) is 30.3 Å². The van der Waals surface area contributed by atoms with E-state index in [4.69, 9.17) is 9.47 Å². The minimum Gasteiger partial charge on any atom is -0.496 e. The highest BCUT2D eigenvalue weighted by Gasteiger charge is 2.32. The van der Waals surface area contributed by atoms with E-state index in [2.05, 4.69) is 4.72 Å². The summed E-state index contributed by atoms with van der Waals surface area (Å²) >= 11 is 0. The molecule has 0 spiro atoms. The Hall–Kier alpha value is -3.11. The molecule has 1 fully saturated rings. The second-order valence-corrected chi connectivity index (χ2v) is 9.72. The molecule has 3 rings (SSSR count). The number of carbonyl (C=O) groups is 2. The highest BCUT2D eigenvalue weighted by Crippen LogP contribution is 2.22. The number of nitrogens with zero attached hydrogens (tertiary/aromatic N) is 2. The van der Waals surface area contributed by atoms with Crippen LogP contribution in [-0.2, 0) is 26.0 Å². The molecule has 2 aromatic carbocycles. The first kappa shape index (κ1) is 25.5. The summed E-state index contributed by atoms with van der Waals surface area (Å²) in [6, 6.07) is 12.8. The van der Waals surface area contributed by atoms with E-state index in [1.54, 1.807) is 29.7 Å². The zero-order valence-electron chi connectivity index (χ0n) is 19.7. The topological polar surface area (TPSA) is 105 Å². The average molecular weight is 490 g/mol. The van der Waals surface area contributed by atoms with Crippen LogP contribution >= 0.6 is 0 Å². The van der Waals surface area contributed by atoms with Crippen LogP contribution in [0.5, 0.6) is 5.75 Å². The van der Waals surface area contributed by atoms with Crippen LogP contribution in [-0.4, -0.2) is 76.2 Å². The van der Waals surface area contributed by atoms with Crippen LogP contribution < -0.4 is 9.46 Å². The molecule has 34 heavy (non-hydrogen) atoms. The molecule has 1 heterocycles.